The first kappa shape index (κ1) is 17.6. The van der Waals surface area contributed by atoms with Crippen molar-refractivity contribution in [1.29, 1.82) is 0 Å². The molecular formula is C18H22F3NO. The van der Waals surface area contributed by atoms with Crippen molar-refractivity contribution in [2.24, 2.45) is 11.8 Å². The molecule has 2 rings (SSSR count). The molecule has 0 unspecified atom stereocenters. The van der Waals surface area contributed by atoms with Crippen molar-refractivity contribution in [2.75, 3.05) is 0 Å². The van der Waals surface area contributed by atoms with E-state index in [1.807, 2.05) is 0 Å². The number of rotatable bonds is 3. The van der Waals surface area contributed by atoms with Gasteiger partial charge in [0.25, 0.3) is 0 Å². The molecule has 0 bridgehead atoms. The van der Waals surface area contributed by atoms with Crippen molar-refractivity contribution < 1.29 is 18.0 Å². The molecular weight excluding hydrogens is 303 g/mol. The molecule has 0 aliphatic heterocycles. The SMILES string of the molecule is C[C@@H]1[C@H](C)CCC[C@@H]1NC(=O)/C=C/c1cccc(C(F)(F)F)c1. The predicted octanol–water partition coefficient (Wildman–Crippen LogP) is 4.66. The van der Waals surface area contributed by atoms with Gasteiger partial charge in [-0.1, -0.05) is 38.8 Å². The van der Waals surface area contributed by atoms with Gasteiger partial charge >= 0.3 is 6.18 Å². The quantitative estimate of drug-likeness (QED) is 0.805. The van der Waals surface area contributed by atoms with E-state index in [9.17, 15) is 18.0 Å². The van der Waals surface area contributed by atoms with E-state index in [1.54, 1.807) is 6.07 Å². The number of hydrogen-bond acceptors (Lipinski definition) is 1. The Balaban J connectivity index is 1.98. The van der Waals surface area contributed by atoms with Gasteiger partial charge in [-0.3, -0.25) is 4.79 Å². The molecule has 0 heterocycles. The summed E-state index contributed by atoms with van der Waals surface area (Å²) in [5.41, 5.74) is -0.352. The fraction of sp³-hybridized carbons (Fsp3) is 0.500. The smallest absolute Gasteiger partial charge is 0.350 e. The Morgan fingerprint density at radius 3 is 2.70 bits per heavy atom. The molecule has 0 saturated heterocycles. The lowest BCUT2D eigenvalue weighted by Crippen LogP contribution is -2.43. The van der Waals surface area contributed by atoms with E-state index in [0.717, 1.165) is 25.0 Å². The van der Waals surface area contributed by atoms with E-state index in [0.29, 0.717) is 17.4 Å². The van der Waals surface area contributed by atoms with Gasteiger partial charge in [-0.15, -0.1) is 0 Å². The molecule has 1 N–H and O–H groups in total. The fourth-order valence-electron chi connectivity index (χ4n) is 3.01. The second-order valence-electron chi connectivity index (χ2n) is 6.34. The van der Waals surface area contributed by atoms with Crippen LogP contribution in [0, 0.1) is 11.8 Å². The second-order valence-corrected chi connectivity index (χ2v) is 6.34. The van der Waals surface area contributed by atoms with Crippen LogP contribution >= 0.6 is 0 Å². The monoisotopic (exact) mass is 325 g/mol. The highest BCUT2D eigenvalue weighted by atomic mass is 19.4. The molecule has 126 valence electrons. The molecule has 1 aliphatic rings. The third-order valence-electron chi connectivity index (χ3n) is 4.68. The average molecular weight is 325 g/mol. The van der Waals surface area contributed by atoms with Crippen LogP contribution in [-0.4, -0.2) is 11.9 Å². The molecule has 0 spiro atoms. The maximum absolute atomic E-state index is 12.7. The van der Waals surface area contributed by atoms with Crippen LogP contribution in [0.2, 0.25) is 0 Å². The summed E-state index contributed by atoms with van der Waals surface area (Å²) in [6.45, 7) is 4.31. The molecule has 1 aromatic rings. The zero-order valence-corrected chi connectivity index (χ0v) is 13.4. The third-order valence-corrected chi connectivity index (χ3v) is 4.68. The molecule has 2 nitrogen and oxygen atoms in total. The van der Waals surface area contributed by atoms with Gasteiger partial charge in [-0.05, 0) is 42.0 Å². The minimum absolute atomic E-state index is 0.136. The average Bonchev–Trinajstić information content (AvgIpc) is 2.49. The van der Waals surface area contributed by atoms with E-state index in [2.05, 4.69) is 19.2 Å². The predicted molar refractivity (Wildman–Crippen MR) is 84.6 cm³/mol. The van der Waals surface area contributed by atoms with Gasteiger partial charge in [-0.2, -0.15) is 13.2 Å². The van der Waals surface area contributed by atoms with Gasteiger partial charge in [-0.25, -0.2) is 0 Å². The number of carbonyl (C=O) groups excluding carboxylic acids is 1. The minimum Gasteiger partial charge on any atom is -0.350 e. The van der Waals surface area contributed by atoms with Crippen LogP contribution in [0.5, 0.6) is 0 Å². The van der Waals surface area contributed by atoms with Crippen LogP contribution in [0.25, 0.3) is 6.08 Å². The molecule has 23 heavy (non-hydrogen) atoms. The summed E-state index contributed by atoms with van der Waals surface area (Å²) in [4.78, 5) is 12.0. The summed E-state index contributed by atoms with van der Waals surface area (Å²) in [5, 5.41) is 2.97. The Hall–Kier alpha value is -1.78. The van der Waals surface area contributed by atoms with Gasteiger partial charge < -0.3 is 5.32 Å². The van der Waals surface area contributed by atoms with E-state index in [4.69, 9.17) is 0 Å². The summed E-state index contributed by atoms with van der Waals surface area (Å²) >= 11 is 0. The summed E-state index contributed by atoms with van der Waals surface area (Å²) in [5.74, 6) is 0.726. The lowest BCUT2D eigenvalue weighted by Gasteiger charge is -2.34. The Labute approximate surface area is 134 Å². The molecule has 0 radical (unpaired) electrons. The molecule has 1 aromatic carbocycles. The third kappa shape index (κ3) is 4.85. The van der Waals surface area contributed by atoms with Gasteiger partial charge in [0.1, 0.15) is 0 Å². The van der Waals surface area contributed by atoms with E-state index in [1.165, 1.54) is 24.6 Å². The fourth-order valence-corrected chi connectivity index (χ4v) is 3.01. The number of hydrogen-bond donors (Lipinski definition) is 1. The Morgan fingerprint density at radius 1 is 1.26 bits per heavy atom. The van der Waals surface area contributed by atoms with Gasteiger partial charge in [0.05, 0.1) is 5.56 Å². The number of amides is 1. The Kier molecular flexibility index (Phi) is 5.50. The summed E-state index contributed by atoms with van der Waals surface area (Å²) in [6, 6.07) is 5.07. The molecule has 1 amide bonds. The first-order chi connectivity index (χ1) is 10.8. The second kappa shape index (κ2) is 7.20. The first-order valence-corrected chi connectivity index (χ1v) is 7.93. The van der Waals surface area contributed by atoms with E-state index in [-0.39, 0.29) is 11.9 Å². The standard InChI is InChI=1S/C18H22F3NO/c1-12-5-3-8-16(13(12)2)22-17(23)10-9-14-6-4-7-15(11-14)18(19,20)21/h4,6-7,9-13,16H,3,5,8H2,1-2H3,(H,22,23)/b10-9+/t12-,13-,16+/m1/s1. The normalized spacial score (nSPS) is 25.5. The number of alkyl halides is 3. The van der Waals surface area contributed by atoms with Gasteiger partial charge in [0.2, 0.25) is 5.91 Å². The van der Waals surface area contributed by atoms with Crippen molar-refractivity contribution in [1.82, 2.24) is 5.32 Å². The molecule has 1 fully saturated rings. The minimum atomic E-state index is -4.38. The number of benzene rings is 1. The molecule has 0 aromatic heterocycles. The highest BCUT2D eigenvalue weighted by Crippen LogP contribution is 2.30. The van der Waals surface area contributed by atoms with Crippen LogP contribution in [0.1, 0.15) is 44.2 Å². The zero-order valence-electron chi connectivity index (χ0n) is 13.4. The van der Waals surface area contributed by atoms with Gasteiger partial charge in [0.15, 0.2) is 0 Å². The van der Waals surface area contributed by atoms with Crippen LogP contribution in [0.3, 0.4) is 0 Å². The highest BCUT2D eigenvalue weighted by molar-refractivity contribution is 5.91. The summed E-state index contributed by atoms with van der Waals surface area (Å²) in [7, 11) is 0. The zero-order chi connectivity index (χ0) is 17.0. The first-order valence-electron chi connectivity index (χ1n) is 7.93. The van der Waals surface area contributed by atoms with Crippen LogP contribution in [-0.2, 0) is 11.0 Å². The van der Waals surface area contributed by atoms with Crippen molar-refractivity contribution in [2.45, 2.75) is 45.3 Å². The summed E-state index contributed by atoms with van der Waals surface area (Å²) in [6.07, 6.45) is 1.57. The molecule has 5 heteroatoms. The number of halogens is 3. The lowest BCUT2D eigenvalue weighted by molar-refractivity contribution is -0.137. The Morgan fingerprint density at radius 2 is 2.00 bits per heavy atom. The van der Waals surface area contributed by atoms with Gasteiger partial charge in [0, 0.05) is 12.1 Å². The molecule has 1 saturated carbocycles. The number of carbonyl (C=O) groups is 1. The van der Waals surface area contributed by atoms with Crippen LogP contribution < -0.4 is 5.32 Å². The highest BCUT2D eigenvalue weighted by Gasteiger charge is 2.30. The lowest BCUT2D eigenvalue weighted by atomic mass is 9.78. The summed E-state index contributed by atoms with van der Waals surface area (Å²) < 4.78 is 38.0. The maximum Gasteiger partial charge on any atom is 0.416 e. The van der Waals surface area contributed by atoms with E-state index >= 15 is 0 Å². The van der Waals surface area contributed by atoms with Crippen LogP contribution in [0.15, 0.2) is 30.3 Å². The molecule has 3 atom stereocenters. The van der Waals surface area contributed by atoms with Crippen LogP contribution in [0.4, 0.5) is 13.2 Å². The maximum atomic E-state index is 12.7. The van der Waals surface area contributed by atoms with Crippen molar-refractivity contribution >= 4 is 12.0 Å². The molecule has 1 aliphatic carbocycles. The van der Waals surface area contributed by atoms with Crippen molar-refractivity contribution in [3.05, 3.63) is 41.5 Å². The largest absolute Gasteiger partial charge is 0.416 e. The van der Waals surface area contributed by atoms with Crippen molar-refractivity contribution in [3.63, 3.8) is 0 Å². The Bertz CT molecular complexity index is 580. The van der Waals surface area contributed by atoms with E-state index < -0.39 is 11.7 Å². The van der Waals surface area contributed by atoms with Crippen molar-refractivity contribution in [3.8, 4) is 0 Å². The topological polar surface area (TPSA) is 29.1 Å². The number of nitrogens with one attached hydrogen (secondary N) is 1.